The lowest BCUT2D eigenvalue weighted by molar-refractivity contribution is 0.317. The van der Waals surface area contributed by atoms with E-state index in [1.54, 1.807) is 30.6 Å². The number of benzene rings is 2. The van der Waals surface area contributed by atoms with E-state index in [1.165, 1.54) is 0 Å². The standard InChI is InChI=1S/C24H23N3O3/c1-3-30-20-14-17(7-9-19(20)28)22(27-21-13-15(2)10-12-25-21)18-8-6-16-5-4-11-26-23(16)24(18)29/h4-14,22,28-29H,3H2,1-2H3,(H,25,27)/t22-/m1/s1. The topological polar surface area (TPSA) is 87.5 Å². The van der Waals surface area contributed by atoms with Gasteiger partial charge in [-0.1, -0.05) is 24.3 Å². The van der Waals surface area contributed by atoms with Gasteiger partial charge in [0, 0.05) is 23.3 Å². The molecular formula is C24H23N3O3. The molecule has 0 aliphatic heterocycles. The van der Waals surface area contributed by atoms with Gasteiger partial charge in [-0.05, 0) is 55.3 Å². The number of nitrogens with zero attached hydrogens (tertiary/aromatic N) is 2. The van der Waals surface area contributed by atoms with Crippen LogP contribution in [-0.2, 0) is 0 Å². The minimum atomic E-state index is -0.439. The summed E-state index contributed by atoms with van der Waals surface area (Å²) >= 11 is 0. The predicted octanol–water partition coefficient (Wildman–Crippen LogP) is 4.95. The Balaban J connectivity index is 1.86. The van der Waals surface area contributed by atoms with Gasteiger partial charge in [0.15, 0.2) is 11.5 Å². The number of hydrogen-bond acceptors (Lipinski definition) is 6. The summed E-state index contributed by atoms with van der Waals surface area (Å²) in [5, 5.41) is 25.4. The summed E-state index contributed by atoms with van der Waals surface area (Å²) in [5.74, 6) is 1.23. The Morgan fingerprint density at radius 1 is 1.00 bits per heavy atom. The minimum Gasteiger partial charge on any atom is -0.505 e. The van der Waals surface area contributed by atoms with Gasteiger partial charge in [-0.2, -0.15) is 0 Å². The molecule has 0 saturated heterocycles. The van der Waals surface area contributed by atoms with Crippen molar-refractivity contribution in [1.82, 2.24) is 9.97 Å². The zero-order valence-corrected chi connectivity index (χ0v) is 16.8. The molecule has 1 atom stereocenters. The summed E-state index contributed by atoms with van der Waals surface area (Å²) in [6.07, 6.45) is 3.39. The molecule has 3 N–H and O–H groups in total. The molecule has 4 rings (SSSR count). The van der Waals surface area contributed by atoms with E-state index in [0.717, 1.165) is 16.5 Å². The molecule has 4 aromatic rings. The number of rotatable bonds is 6. The first-order valence-corrected chi connectivity index (χ1v) is 9.78. The summed E-state index contributed by atoms with van der Waals surface area (Å²) in [6, 6.07) is 16.1. The van der Waals surface area contributed by atoms with Gasteiger partial charge < -0.3 is 20.3 Å². The first kappa shape index (κ1) is 19.5. The smallest absolute Gasteiger partial charge is 0.161 e. The SMILES string of the molecule is CCOc1cc([C@@H](Nc2cc(C)ccn2)c2ccc3cccnc3c2O)ccc1O. The molecule has 0 spiro atoms. The van der Waals surface area contributed by atoms with Gasteiger partial charge in [0.2, 0.25) is 0 Å². The fourth-order valence-electron chi connectivity index (χ4n) is 3.46. The lowest BCUT2D eigenvalue weighted by Gasteiger charge is -2.23. The van der Waals surface area contributed by atoms with E-state index in [0.29, 0.717) is 29.3 Å². The van der Waals surface area contributed by atoms with E-state index < -0.39 is 6.04 Å². The molecule has 0 unspecified atom stereocenters. The third-order valence-corrected chi connectivity index (χ3v) is 4.91. The highest BCUT2D eigenvalue weighted by Crippen LogP contribution is 2.38. The second-order valence-electron chi connectivity index (χ2n) is 7.03. The summed E-state index contributed by atoms with van der Waals surface area (Å²) in [5.41, 5.74) is 3.06. The minimum absolute atomic E-state index is 0.0671. The molecule has 2 aromatic carbocycles. The Morgan fingerprint density at radius 3 is 2.67 bits per heavy atom. The van der Waals surface area contributed by atoms with E-state index in [1.807, 2.05) is 50.2 Å². The summed E-state index contributed by atoms with van der Waals surface area (Å²) < 4.78 is 5.56. The first-order valence-electron chi connectivity index (χ1n) is 9.78. The predicted molar refractivity (Wildman–Crippen MR) is 117 cm³/mol. The maximum absolute atomic E-state index is 11.0. The molecule has 0 bridgehead atoms. The van der Waals surface area contributed by atoms with Gasteiger partial charge in [-0.25, -0.2) is 4.98 Å². The van der Waals surface area contributed by atoms with Crippen molar-refractivity contribution in [2.45, 2.75) is 19.9 Å². The van der Waals surface area contributed by atoms with Crippen molar-refractivity contribution in [3.05, 3.63) is 83.7 Å². The Bertz CT molecular complexity index is 1190. The number of ether oxygens (including phenoxy) is 1. The molecule has 0 radical (unpaired) electrons. The number of fused-ring (bicyclic) bond motifs is 1. The summed E-state index contributed by atoms with van der Waals surface area (Å²) in [7, 11) is 0. The van der Waals surface area contributed by atoms with Crippen LogP contribution in [-0.4, -0.2) is 26.8 Å². The third-order valence-electron chi connectivity index (χ3n) is 4.91. The quantitative estimate of drug-likeness (QED) is 0.424. The molecule has 30 heavy (non-hydrogen) atoms. The van der Waals surface area contributed by atoms with Crippen LogP contribution in [0.5, 0.6) is 17.2 Å². The van der Waals surface area contributed by atoms with Crippen LogP contribution in [0.15, 0.2) is 67.0 Å². The molecule has 0 aliphatic carbocycles. The normalized spacial score (nSPS) is 11.9. The van der Waals surface area contributed by atoms with Gasteiger partial charge in [-0.15, -0.1) is 0 Å². The number of aromatic hydroxyl groups is 2. The summed E-state index contributed by atoms with van der Waals surface area (Å²) in [6.45, 7) is 4.28. The van der Waals surface area contributed by atoms with Crippen LogP contribution < -0.4 is 10.1 Å². The molecule has 0 aliphatic rings. The molecule has 152 valence electrons. The number of hydrogen-bond donors (Lipinski definition) is 3. The lowest BCUT2D eigenvalue weighted by atomic mass is 9.95. The number of phenols is 2. The van der Waals surface area contributed by atoms with E-state index in [-0.39, 0.29) is 11.5 Å². The van der Waals surface area contributed by atoms with Crippen molar-refractivity contribution in [2.75, 3.05) is 11.9 Å². The highest BCUT2D eigenvalue weighted by Gasteiger charge is 2.22. The number of anilines is 1. The van der Waals surface area contributed by atoms with Crippen molar-refractivity contribution < 1.29 is 14.9 Å². The molecule has 2 aromatic heterocycles. The molecule has 0 fully saturated rings. The maximum Gasteiger partial charge on any atom is 0.161 e. The van der Waals surface area contributed by atoms with Gasteiger partial charge >= 0.3 is 0 Å². The Labute approximate surface area is 174 Å². The highest BCUT2D eigenvalue weighted by atomic mass is 16.5. The lowest BCUT2D eigenvalue weighted by Crippen LogP contribution is -2.14. The van der Waals surface area contributed by atoms with E-state index in [9.17, 15) is 10.2 Å². The van der Waals surface area contributed by atoms with Gasteiger partial charge in [-0.3, -0.25) is 4.98 Å². The van der Waals surface area contributed by atoms with Crippen LogP contribution in [0, 0.1) is 6.92 Å². The van der Waals surface area contributed by atoms with E-state index in [2.05, 4.69) is 15.3 Å². The number of aromatic nitrogens is 2. The van der Waals surface area contributed by atoms with Crippen LogP contribution in [0.2, 0.25) is 0 Å². The van der Waals surface area contributed by atoms with E-state index in [4.69, 9.17) is 4.74 Å². The van der Waals surface area contributed by atoms with Gasteiger partial charge in [0.05, 0.1) is 12.6 Å². The molecule has 0 saturated carbocycles. The molecular weight excluding hydrogens is 378 g/mol. The number of aryl methyl sites for hydroxylation is 1. The van der Waals surface area contributed by atoms with E-state index >= 15 is 0 Å². The fourth-order valence-corrected chi connectivity index (χ4v) is 3.46. The van der Waals surface area contributed by atoms with Crippen LogP contribution in [0.4, 0.5) is 5.82 Å². The van der Waals surface area contributed by atoms with Crippen LogP contribution >= 0.6 is 0 Å². The fraction of sp³-hybridized carbons (Fsp3) is 0.167. The number of nitrogens with one attached hydrogen (secondary N) is 1. The average Bonchev–Trinajstić information content (AvgIpc) is 2.75. The average molecular weight is 401 g/mol. The summed E-state index contributed by atoms with van der Waals surface area (Å²) in [4.78, 5) is 8.75. The molecule has 2 heterocycles. The zero-order chi connectivity index (χ0) is 21.1. The van der Waals surface area contributed by atoms with Crippen LogP contribution in [0.25, 0.3) is 10.9 Å². The van der Waals surface area contributed by atoms with Crippen molar-refractivity contribution in [3.8, 4) is 17.2 Å². The maximum atomic E-state index is 11.0. The first-order chi connectivity index (χ1) is 14.6. The third kappa shape index (κ3) is 3.85. The monoisotopic (exact) mass is 401 g/mol. The van der Waals surface area contributed by atoms with Gasteiger partial charge in [0.1, 0.15) is 17.1 Å². The van der Waals surface area contributed by atoms with Crippen molar-refractivity contribution >= 4 is 16.7 Å². The Kier molecular flexibility index (Phi) is 5.39. The second kappa shape index (κ2) is 8.29. The van der Waals surface area contributed by atoms with Crippen molar-refractivity contribution in [3.63, 3.8) is 0 Å². The molecule has 6 nitrogen and oxygen atoms in total. The molecule has 6 heteroatoms. The van der Waals surface area contributed by atoms with Crippen LogP contribution in [0.3, 0.4) is 0 Å². The highest BCUT2D eigenvalue weighted by molar-refractivity contribution is 5.86. The second-order valence-corrected chi connectivity index (χ2v) is 7.03. The largest absolute Gasteiger partial charge is 0.505 e. The van der Waals surface area contributed by atoms with Crippen molar-refractivity contribution in [2.24, 2.45) is 0 Å². The number of pyridine rings is 2. The van der Waals surface area contributed by atoms with Crippen LogP contribution in [0.1, 0.15) is 29.7 Å². The Hall–Kier alpha value is -3.80. The van der Waals surface area contributed by atoms with Gasteiger partial charge in [0.25, 0.3) is 0 Å². The van der Waals surface area contributed by atoms with Crippen molar-refractivity contribution in [1.29, 1.82) is 0 Å². The zero-order valence-electron chi connectivity index (χ0n) is 16.8. The molecule has 0 amide bonds. The number of phenolic OH excluding ortho intramolecular Hbond substituents is 2. The Morgan fingerprint density at radius 2 is 1.87 bits per heavy atom.